The number of hydrogen-bond acceptors (Lipinski definition) is 5. The van der Waals surface area contributed by atoms with Crippen molar-refractivity contribution in [2.45, 2.75) is 11.8 Å². The standard InChI is InChI=1S/C14H14N2O4S/c1-10-3-6-12(7-4-10)21(18,19)16-13-8-5-11(9-15-13)14(17)20-2/h3-9H,1-2H3,(H,15,16). The molecule has 21 heavy (non-hydrogen) atoms. The molecule has 2 aromatic rings. The van der Waals surface area contributed by atoms with Gasteiger partial charge in [0, 0.05) is 6.20 Å². The molecule has 0 atom stereocenters. The highest BCUT2D eigenvalue weighted by atomic mass is 32.2. The van der Waals surface area contributed by atoms with Crippen LogP contribution in [0.5, 0.6) is 0 Å². The Morgan fingerprint density at radius 3 is 2.33 bits per heavy atom. The first kappa shape index (κ1) is 15.0. The first-order valence-electron chi connectivity index (χ1n) is 6.06. The minimum absolute atomic E-state index is 0.128. The van der Waals surface area contributed by atoms with E-state index in [1.165, 1.54) is 37.6 Å². The van der Waals surface area contributed by atoms with Crippen molar-refractivity contribution in [3.05, 3.63) is 53.7 Å². The second kappa shape index (κ2) is 5.92. The molecular weight excluding hydrogens is 292 g/mol. The third kappa shape index (κ3) is 3.57. The predicted molar refractivity (Wildman–Crippen MR) is 77.6 cm³/mol. The highest BCUT2D eigenvalue weighted by Crippen LogP contribution is 2.15. The second-order valence-corrected chi connectivity index (χ2v) is 6.02. The van der Waals surface area contributed by atoms with Crippen molar-refractivity contribution in [3.8, 4) is 0 Å². The van der Waals surface area contributed by atoms with Gasteiger partial charge in [0.1, 0.15) is 5.82 Å². The normalized spacial score (nSPS) is 11.0. The number of benzene rings is 1. The summed E-state index contributed by atoms with van der Waals surface area (Å²) in [6, 6.07) is 9.29. The summed E-state index contributed by atoms with van der Waals surface area (Å²) in [6.45, 7) is 1.87. The van der Waals surface area contributed by atoms with Gasteiger partial charge in [-0.25, -0.2) is 18.2 Å². The molecule has 0 amide bonds. The van der Waals surface area contributed by atoms with Crippen molar-refractivity contribution in [1.82, 2.24) is 4.98 Å². The summed E-state index contributed by atoms with van der Waals surface area (Å²) in [5, 5.41) is 0. The Morgan fingerprint density at radius 1 is 1.14 bits per heavy atom. The summed E-state index contributed by atoms with van der Waals surface area (Å²) in [6.07, 6.45) is 1.25. The van der Waals surface area contributed by atoms with Gasteiger partial charge in [-0.05, 0) is 31.2 Å². The maximum atomic E-state index is 12.1. The Morgan fingerprint density at radius 2 is 1.81 bits per heavy atom. The number of anilines is 1. The molecule has 0 saturated heterocycles. The molecule has 0 fully saturated rings. The number of rotatable bonds is 4. The summed E-state index contributed by atoms with van der Waals surface area (Å²) in [4.78, 5) is 15.3. The molecule has 1 N–H and O–H groups in total. The van der Waals surface area contributed by atoms with Crippen molar-refractivity contribution in [3.63, 3.8) is 0 Å². The van der Waals surface area contributed by atoms with E-state index in [1.807, 2.05) is 6.92 Å². The molecule has 1 aromatic carbocycles. The summed E-state index contributed by atoms with van der Waals surface area (Å²) in [5.74, 6) is -0.404. The minimum atomic E-state index is -3.70. The largest absolute Gasteiger partial charge is 0.465 e. The molecule has 0 aliphatic rings. The van der Waals surface area contributed by atoms with Crippen molar-refractivity contribution in [1.29, 1.82) is 0 Å². The third-order valence-corrected chi connectivity index (χ3v) is 4.13. The van der Waals surface area contributed by atoms with Crippen molar-refractivity contribution < 1.29 is 17.9 Å². The van der Waals surface area contributed by atoms with Gasteiger partial charge in [-0.3, -0.25) is 4.72 Å². The van der Waals surface area contributed by atoms with Crippen LogP contribution in [0.15, 0.2) is 47.5 Å². The van der Waals surface area contributed by atoms with Gasteiger partial charge in [0.25, 0.3) is 10.0 Å². The first-order valence-corrected chi connectivity index (χ1v) is 7.54. The fraction of sp³-hybridized carbons (Fsp3) is 0.143. The molecule has 0 unspecified atom stereocenters. The monoisotopic (exact) mass is 306 g/mol. The van der Waals surface area contributed by atoms with Gasteiger partial charge in [-0.2, -0.15) is 0 Å². The van der Waals surface area contributed by atoms with Crippen LogP contribution >= 0.6 is 0 Å². The molecule has 0 radical (unpaired) electrons. The maximum absolute atomic E-state index is 12.1. The van der Waals surface area contributed by atoms with Gasteiger partial charge in [0.05, 0.1) is 17.6 Å². The topological polar surface area (TPSA) is 85.4 Å². The molecule has 1 aromatic heterocycles. The molecule has 0 aliphatic heterocycles. The lowest BCUT2D eigenvalue weighted by Gasteiger charge is -2.08. The van der Waals surface area contributed by atoms with Crippen LogP contribution in [0.3, 0.4) is 0 Å². The van der Waals surface area contributed by atoms with Crippen LogP contribution in [0.2, 0.25) is 0 Å². The lowest BCUT2D eigenvalue weighted by Crippen LogP contribution is -2.14. The summed E-state index contributed by atoms with van der Waals surface area (Å²) < 4.78 is 31.2. The average Bonchev–Trinajstić information content (AvgIpc) is 2.47. The molecule has 0 bridgehead atoms. The van der Waals surface area contributed by atoms with Crippen LogP contribution in [-0.2, 0) is 14.8 Å². The highest BCUT2D eigenvalue weighted by Gasteiger charge is 2.15. The molecule has 1 heterocycles. The van der Waals surface area contributed by atoms with E-state index in [9.17, 15) is 13.2 Å². The van der Waals surface area contributed by atoms with E-state index in [4.69, 9.17) is 0 Å². The van der Waals surface area contributed by atoms with E-state index < -0.39 is 16.0 Å². The number of aryl methyl sites for hydroxylation is 1. The van der Waals surface area contributed by atoms with Gasteiger partial charge in [-0.15, -0.1) is 0 Å². The van der Waals surface area contributed by atoms with Gasteiger partial charge in [0.2, 0.25) is 0 Å². The zero-order valence-corrected chi connectivity index (χ0v) is 12.3. The van der Waals surface area contributed by atoms with Gasteiger partial charge >= 0.3 is 5.97 Å². The SMILES string of the molecule is COC(=O)c1ccc(NS(=O)(=O)c2ccc(C)cc2)nc1. The molecule has 0 aliphatic carbocycles. The van der Waals surface area contributed by atoms with E-state index in [0.29, 0.717) is 0 Å². The summed E-state index contributed by atoms with van der Waals surface area (Å²) in [5.41, 5.74) is 1.21. The Bertz CT molecular complexity index is 738. The molecule has 110 valence electrons. The van der Waals surface area contributed by atoms with Crippen LogP contribution in [-0.4, -0.2) is 26.5 Å². The number of carbonyl (C=O) groups is 1. The highest BCUT2D eigenvalue weighted by molar-refractivity contribution is 7.92. The zero-order valence-electron chi connectivity index (χ0n) is 11.5. The fourth-order valence-corrected chi connectivity index (χ4v) is 2.62. The predicted octanol–water partition coefficient (Wildman–Crippen LogP) is 1.98. The maximum Gasteiger partial charge on any atom is 0.339 e. The van der Waals surface area contributed by atoms with Gasteiger partial charge in [0.15, 0.2) is 0 Å². The Labute approximate surface area is 122 Å². The van der Waals surface area contributed by atoms with Crippen molar-refractivity contribution >= 4 is 21.8 Å². The Balaban J connectivity index is 2.20. The quantitative estimate of drug-likeness (QED) is 0.873. The lowest BCUT2D eigenvalue weighted by molar-refractivity contribution is 0.0600. The number of sulfonamides is 1. The number of esters is 1. The van der Waals surface area contributed by atoms with E-state index in [2.05, 4.69) is 14.4 Å². The molecular formula is C14H14N2O4S. The van der Waals surface area contributed by atoms with E-state index in [0.717, 1.165) is 5.56 Å². The molecule has 7 heteroatoms. The number of pyridine rings is 1. The number of nitrogens with zero attached hydrogens (tertiary/aromatic N) is 1. The van der Waals surface area contributed by atoms with Crippen LogP contribution < -0.4 is 4.72 Å². The van der Waals surface area contributed by atoms with E-state index in [-0.39, 0.29) is 16.3 Å². The average molecular weight is 306 g/mol. The van der Waals surface area contributed by atoms with Crippen molar-refractivity contribution in [2.75, 3.05) is 11.8 Å². The van der Waals surface area contributed by atoms with E-state index >= 15 is 0 Å². The number of ether oxygens (including phenoxy) is 1. The Hall–Kier alpha value is -2.41. The summed E-state index contributed by atoms with van der Waals surface area (Å²) in [7, 11) is -2.44. The Kier molecular flexibility index (Phi) is 4.23. The van der Waals surface area contributed by atoms with Crippen molar-refractivity contribution in [2.24, 2.45) is 0 Å². The smallest absolute Gasteiger partial charge is 0.339 e. The molecule has 6 nitrogen and oxygen atoms in total. The number of methoxy groups -OCH3 is 1. The molecule has 0 saturated carbocycles. The van der Waals surface area contributed by atoms with Gasteiger partial charge < -0.3 is 4.74 Å². The van der Waals surface area contributed by atoms with E-state index in [1.54, 1.807) is 12.1 Å². The number of carbonyl (C=O) groups excluding carboxylic acids is 1. The third-order valence-electron chi connectivity index (χ3n) is 2.75. The van der Waals surface area contributed by atoms with Crippen LogP contribution in [0.25, 0.3) is 0 Å². The summed E-state index contributed by atoms with van der Waals surface area (Å²) >= 11 is 0. The van der Waals surface area contributed by atoms with Crippen LogP contribution in [0.4, 0.5) is 5.82 Å². The number of hydrogen-bond donors (Lipinski definition) is 1. The minimum Gasteiger partial charge on any atom is -0.465 e. The molecule has 0 spiro atoms. The first-order chi connectivity index (χ1) is 9.92. The molecule has 2 rings (SSSR count). The lowest BCUT2D eigenvalue weighted by atomic mass is 10.2. The van der Waals surface area contributed by atoms with Crippen LogP contribution in [0.1, 0.15) is 15.9 Å². The van der Waals surface area contributed by atoms with Gasteiger partial charge in [-0.1, -0.05) is 17.7 Å². The fourth-order valence-electron chi connectivity index (χ4n) is 1.61. The zero-order chi connectivity index (χ0) is 15.5. The van der Waals surface area contributed by atoms with Crippen LogP contribution in [0, 0.1) is 6.92 Å². The second-order valence-electron chi connectivity index (χ2n) is 4.34. The number of aromatic nitrogens is 1. The number of nitrogens with one attached hydrogen (secondary N) is 1.